The van der Waals surface area contributed by atoms with Gasteiger partial charge in [-0.25, -0.2) is 4.98 Å². The number of rotatable bonds is 3. The van der Waals surface area contributed by atoms with Crippen LogP contribution in [0.15, 0.2) is 18.3 Å². The van der Waals surface area contributed by atoms with E-state index in [1.54, 1.807) is 6.07 Å². The van der Waals surface area contributed by atoms with Crippen molar-refractivity contribution in [3.8, 4) is 0 Å². The van der Waals surface area contributed by atoms with Crippen molar-refractivity contribution in [3.63, 3.8) is 0 Å². The second-order valence-electron chi connectivity index (χ2n) is 5.27. The molecule has 18 heavy (non-hydrogen) atoms. The molecule has 2 rings (SSSR count). The summed E-state index contributed by atoms with van der Waals surface area (Å²) in [6.07, 6.45) is 3.68. The number of amides is 1. The number of carbonyl (C=O) groups is 1. The summed E-state index contributed by atoms with van der Waals surface area (Å²) >= 11 is 0. The number of nitrogens with zero attached hydrogens (tertiary/aromatic N) is 2. The molecule has 1 saturated heterocycles. The minimum absolute atomic E-state index is 0.254. The molecule has 5 nitrogen and oxygen atoms in total. The average Bonchev–Trinajstić information content (AvgIpc) is 2.40. The molecule has 1 aliphatic heterocycles. The van der Waals surface area contributed by atoms with E-state index in [9.17, 15) is 4.79 Å². The van der Waals surface area contributed by atoms with Gasteiger partial charge in [0.05, 0.1) is 5.56 Å². The Morgan fingerprint density at radius 3 is 2.56 bits per heavy atom. The second-order valence-corrected chi connectivity index (χ2v) is 5.27. The van der Waals surface area contributed by atoms with E-state index < -0.39 is 5.91 Å². The van der Waals surface area contributed by atoms with Crippen molar-refractivity contribution >= 4 is 11.7 Å². The highest BCUT2D eigenvalue weighted by molar-refractivity contribution is 5.92. The highest BCUT2D eigenvalue weighted by Crippen LogP contribution is 2.31. The summed E-state index contributed by atoms with van der Waals surface area (Å²) in [6, 6.07) is 3.58. The Morgan fingerprint density at radius 1 is 1.44 bits per heavy atom. The molecule has 1 fully saturated rings. The fourth-order valence-electron chi connectivity index (χ4n) is 2.20. The fourth-order valence-corrected chi connectivity index (χ4v) is 2.20. The zero-order chi connectivity index (χ0) is 13.2. The third-order valence-electron chi connectivity index (χ3n) is 3.82. The van der Waals surface area contributed by atoms with Crippen molar-refractivity contribution in [3.05, 3.63) is 23.9 Å². The zero-order valence-electron chi connectivity index (χ0n) is 10.7. The molecule has 0 unspecified atom stereocenters. The molecule has 1 aromatic rings. The van der Waals surface area contributed by atoms with E-state index in [0.29, 0.717) is 5.56 Å². The van der Waals surface area contributed by atoms with Crippen LogP contribution in [0.1, 0.15) is 30.1 Å². The van der Waals surface area contributed by atoms with Crippen LogP contribution in [0.2, 0.25) is 0 Å². The minimum atomic E-state index is -0.441. The van der Waals surface area contributed by atoms with Gasteiger partial charge in [0.25, 0.3) is 0 Å². The summed E-state index contributed by atoms with van der Waals surface area (Å²) in [5, 5.41) is 0. The summed E-state index contributed by atoms with van der Waals surface area (Å²) in [5.41, 5.74) is 11.7. The number of hydrogen-bond donors (Lipinski definition) is 2. The molecule has 4 N–H and O–H groups in total. The van der Waals surface area contributed by atoms with Gasteiger partial charge >= 0.3 is 0 Å². The van der Waals surface area contributed by atoms with Crippen LogP contribution in [0.3, 0.4) is 0 Å². The third kappa shape index (κ3) is 2.61. The number of piperidine rings is 1. The Bertz CT molecular complexity index is 421. The molecule has 1 aliphatic rings. The van der Waals surface area contributed by atoms with E-state index in [1.165, 1.54) is 6.20 Å². The Morgan fingerprint density at radius 2 is 2.11 bits per heavy atom. The normalized spacial score (nSPS) is 18.7. The van der Waals surface area contributed by atoms with E-state index in [-0.39, 0.29) is 5.41 Å². The summed E-state index contributed by atoms with van der Waals surface area (Å²) in [7, 11) is 0. The first-order valence-electron chi connectivity index (χ1n) is 6.25. The lowest BCUT2D eigenvalue weighted by Crippen LogP contribution is -2.42. The summed E-state index contributed by atoms with van der Waals surface area (Å²) < 4.78 is 0. The van der Waals surface area contributed by atoms with Crippen LogP contribution in [0, 0.1) is 5.41 Å². The molecule has 0 saturated carbocycles. The van der Waals surface area contributed by atoms with Gasteiger partial charge in [-0.05, 0) is 36.9 Å². The van der Waals surface area contributed by atoms with E-state index in [2.05, 4.69) is 16.8 Å². The molecule has 98 valence electrons. The first kappa shape index (κ1) is 12.8. The Kier molecular flexibility index (Phi) is 3.52. The topological polar surface area (TPSA) is 85.2 Å². The fraction of sp³-hybridized carbons (Fsp3) is 0.538. The van der Waals surface area contributed by atoms with Crippen molar-refractivity contribution in [2.45, 2.75) is 19.8 Å². The van der Waals surface area contributed by atoms with Crippen molar-refractivity contribution in [1.82, 2.24) is 4.98 Å². The van der Waals surface area contributed by atoms with Crippen LogP contribution in [0.4, 0.5) is 5.82 Å². The lowest BCUT2D eigenvalue weighted by molar-refractivity contribution is 0.1000. The molecule has 0 atom stereocenters. The zero-order valence-corrected chi connectivity index (χ0v) is 10.7. The van der Waals surface area contributed by atoms with Crippen LogP contribution in [-0.4, -0.2) is 30.5 Å². The van der Waals surface area contributed by atoms with Crippen molar-refractivity contribution in [1.29, 1.82) is 0 Å². The number of nitrogens with two attached hydrogens (primary N) is 2. The first-order valence-corrected chi connectivity index (χ1v) is 6.25. The van der Waals surface area contributed by atoms with E-state index in [1.807, 2.05) is 6.07 Å². The van der Waals surface area contributed by atoms with Gasteiger partial charge in [-0.3, -0.25) is 4.79 Å². The quantitative estimate of drug-likeness (QED) is 0.826. The SMILES string of the molecule is CC1(CN)CCN(c2ccc(C(N)=O)cn2)CC1. The molecule has 5 heteroatoms. The maximum absolute atomic E-state index is 11.0. The molecule has 2 heterocycles. The molecular weight excluding hydrogens is 228 g/mol. The molecule has 1 amide bonds. The maximum atomic E-state index is 11.0. The lowest BCUT2D eigenvalue weighted by atomic mass is 9.80. The molecule has 1 aromatic heterocycles. The van der Waals surface area contributed by atoms with Gasteiger partial charge in [0.1, 0.15) is 5.82 Å². The highest BCUT2D eigenvalue weighted by Gasteiger charge is 2.29. The Balaban J connectivity index is 2.03. The van der Waals surface area contributed by atoms with Gasteiger partial charge in [-0.1, -0.05) is 6.92 Å². The van der Waals surface area contributed by atoms with E-state index in [0.717, 1.165) is 38.3 Å². The highest BCUT2D eigenvalue weighted by atomic mass is 16.1. The maximum Gasteiger partial charge on any atom is 0.250 e. The first-order chi connectivity index (χ1) is 8.54. The Hall–Kier alpha value is -1.62. The molecular formula is C13H20N4O. The van der Waals surface area contributed by atoms with Crippen LogP contribution in [0.5, 0.6) is 0 Å². The van der Waals surface area contributed by atoms with Gasteiger partial charge < -0.3 is 16.4 Å². The van der Waals surface area contributed by atoms with Crippen molar-refractivity contribution in [2.24, 2.45) is 16.9 Å². The Labute approximate surface area is 107 Å². The summed E-state index contributed by atoms with van der Waals surface area (Å²) in [6.45, 7) is 4.87. The average molecular weight is 248 g/mol. The predicted octanol–water partition coefficient (Wildman–Crippen LogP) is 0.746. The third-order valence-corrected chi connectivity index (χ3v) is 3.82. The van der Waals surface area contributed by atoms with E-state index >= 15 is 0 Å². The smallest absolute Gasteiger partial charge is 0.250 e. The van der Waals surface area contributed by atoms with Gasteiger partial charge in [0.2, 0.25) is 5.91 Å². The van der Waals surface area contributed by atoms with Crippen LogP contribution in [0.25, 0.3) is 0 Å². The van der Waals surface area contributed by atoms with Crippen molar-refractivity contribution in [2.75, 3.05) is 24.5 Å². The molecule has 0 bridgehead atoms. The van der Waals surface area contributed by atoms with Crippen LogP contribution < -0.4 is 16.4 Å². The van der Waals surface area contributed by atoms with E-state index in [4.69, 9.17) is 11.5 Å². The number of anilines is 1. The molecule has 0 radical (unpaired) electrons. The number of carbonyl (C=O) groups excluding carboxylic acids is 1. The second kappa shape index (κ2) is 4.94. The standard InChI is InChI=1S/C13H20N4O/c1-13(9-14)4-6-17(7-5-13)11-3-2-10(8-16-11)12(15)18/h2-3,8H,4-7,9,14H2,1H3,(H2,15,18). The van der Waals surface area contributed by atoms with Crippen LogP contribution in [-0.2, 0) is 0 Å². The minimum Gasteiger partial charge on any atom is -0.366 e. The summed E-state index contributed by atoms with van der Waals surface area (Å²) in [4.78, 5) is 17.5. The van der Waals surface area contributed by atoms with Gasteiger partial charge in [0.15, 0.2) is 0 Å². The summed E-state index contributed by atoms with van der Waals surface area (Å²) in [5.74, 6) is 0.461. The number of pyridine rings is 1. The van der Waals surface area contributed by atoms with Crippen molar-refractivity contribution < 1.29 is 4.79 Å². The number of hydrogen-bond acceptors (Lipinski definition) is 4. The lowest BCUT2D eigenvalue weighted by Gasteiger charge is -2.39. The van der Waals surface area contributed by atoms with Gasteiger partial charge in [0, 0.05) is 19.3 Å². The molecule has 0 aromatic carbocycles. The number of aromatic nitrogens is 1. The predicted molar refractivity (Wildman–Crippen MR) is 71.4 cm³/mol. The monoisotopic (exact) mass is 248 g/mol. The van der Waals surface area contributed by atoms with Gasteiger partial charge in [-0.15, -0.1) is 0 Å². The molecule has 0 spiro atoms. The molecule has 0 aliphatic carbocycles. The number of primary amides is 1. The van der Waals surface area contributed by atoms with Crippen LogP contribution >= 0.6 is 0 Å². The van der Waals surface area contributed by atoms with Gasteiger partial charge in [-0.2, -0.15) is 0 Å². The largest absolute Gasteiger partial charge is 0.366 e.